The fraction of sp³-hybridized carbons (Fsp3) is 1.00. The molecule has 2 aliphatic rings. The molecule has 1 saturated heterocycles. The molecule has 4 heteroatoms. The number of piperidine rings is 1. The van der Waals surface area contributed by atoms with E-state index in [9.17, 15) is 5.11 Å². The quantitative estimate of drug-likeness (QED) is 0.699. The summed E-state index contributed by atoms with van der Waals surface area (Å²) in [7, 11) is 0. The maximum atomic E-state index is 10.0. The first-order valence-electron chi connectivity index (χ1n) is 5.85. The van der Waals surface area contributed by atoms with Gasteiger partial charge in [-0.05, 0) is 50.6 Å². The van der Waals surface area contributed by atoms with Gasteiger partial charge in [-0.3, -0.25) is 0 Å². The van der Waals surface area contributed by atoms with Gasteiger partial charge in [0.1, 0.15) is 0 Å². The molecule has 0 radical (unpaired) electrons. The van der Waals surface area contributed by atoms with Crippen LogP contribution in [0.2, 0.25) is 0 Å². The van der Waals surface area contributed by atoms with Gasteiger partial charge < -0.3 is 10.4 Å². The molecule has 0 aromatic carbocycles. The van der Waals surface area contributed by atoms with Crippen LogP contribution >= 0.6 is 23.2 Å². The minimum atomic E-state index is -0.245. The zero-order valence-electron chi connectivity index (χ0n) is 8.83. The van der Waals surface area contributed by atoms with Crippen molar-refractivity contribution in [3.63, 3.8) is 0 Å². The zero-order valence-corrected chi connectivity index (χ0v) is 10.3. The van der Waals surface area contributed by atoms with Gasteiger partial charge in [0.2, 0.25) is 0 Å². The molecular weight excluding hydrogens is 233 g/mol. The van der Waals surface area contributed by atoms with Crippen molar-refractivity contribution in [3.05, 3.63) is 0 Å². The lowest BCUT2D eigenvalue weighted by atomic mass is 9.74. The van der Waals surface area contributed by atoms with Crippen LogP contribution in [0.15, 0.2) is 0 Å². The predicted octanol–water partition coefficient (Wildman–Crippen LogP) is 1.97. The second-order valence-corrected chi connectivity index (χ2v) is 5.94. The average Bonchev–Trinajstić information content (AvgIpc) is 2.25. The summed E-state index contributed by atoms with van der Waals surface area (Å²) in [6.45, 7) is 2.15. The van der Waals surface area contributed by atoms with Crippen molar-refractivity contribution in [2.75, 3.05) is 13.1 Å². The molecule has 1 aliphatic heterocycles. The summed E-state index contributed by atoms with van der Waals surface area (Å²) >= 11 is 12.2. The molecule has 1 saturated carbocycles. The smallest absolute Gasteiger partial charge is 0.0586 e. The van der Waals surface area contributed by atoms with Crippen molar-refractivity contribution in [1.29, 1.82) is 0 Å². The highest BCUT2D eigenvalue weighted by atomic mass is 35.5. The molecular formula is C11H19Cl2NO. The first kappa shape index (κ1) is 12.0. The number of hydrogen-bond acceptors (Lipinski definition) is 2. The Morgan fingerprint density at radius 2 is 1.60 bits per heavy atom. The lowest BCUT2D eigenvalue weighted by Gasteiger charge is -2.40. The van der Waals surface area contributed by atoms with E-state index in [0.29, 0.717) is 18.3 Å². The number of nitrogens with one attached hydrogen (secondary N) is 1. The van der Waals surface area contributed by atoms with Gasteiger partial charge in [0.15, 0.2) is 0 Å². The third-order valence-electron chi connectivity index (χ3n) is 3.84. The highest BCUT2D eigenvalue weighted by Gasteiger charge is 2.38. The first-order chi connectivity index (χ1) is 7.18. The van der Waals surface area contributed by atoms with Crippen LogP contribution in [0, 0.1) is 11.8 Å². The monoisotopic (exact) mass is 251 g/mol. The summed E-state index contributed by atoms with van der Waals surface area (Å²) in [4.78, 5) is 0. The van der Waals surface area contributed by atoms with Crippen molar-refractivity contribution in [2.24, 2.45) is 11.8 Å². The highest BCUT2D eigenvalue weighted by molar-refractivity contribution is 6.30. The van der Waals surface area contributed by atoms with Gasteiger partial charge in [-0.25, -0.2) is 0 Å². The van der Waals surface area contributed by atoms with Crippen molar-refractivity contribution in [2.45, 2.75) is 42.5 Å². The van der Waals surface area contributed by atoms with Crippen LogP contribution in [0.25, 0.3) is 0 Å². The van der Waals surface area contributed by atoms with E-state index in [1.807, 2.05) is 0 Å². The third-order valence-corrected chi connectivity index (χ3v) is 4.93. The Labute approximate surface area is 101 Å². The maximum absolute atomic E-state index is 10.0. The van der Waals surface area contributed by atoms with E-state index in [1.165, 1.54) is 0 Å². The van der Waals surface area contributed by atoms with Gasteiger partial charge in [-0.2, -0.15) is 0 Å². The van der Waals surface area contributed by atoms with Gasteiger partial charge in [0.25, 0.3) is 0 Å². The van der Waals surface area contributed by atoms with E-state index < -0.39 is 0 Å². The summed E-state index contributed by atoms with van der Waals surface area (Å²) < 4.78 is 0. The normalized spacial score (nSPS) is 44.2. The van der Waals surface area contributed by atoms with Crippen molar-refractivity contribution in [1.82, 2.24) is 5.32 Å². The molecule has 1 aliphatic carbocycles. The number of rotatable bonds is 1. The lowest BCUT2D eigenvalue weighted by molar-refractivity contribution is 0.0305. The van der Waals surface area contributed by atoms with Crippen LogP contribution in [0.1, 0.15) is 25.7 Å². The lowest BCUT2D eigenvalue weighted by Crippen LogP contribution is -2.43. The van der Waals surface area contributed by atoms with Crippen molar-refractivity contribution < 1.29 is 5.11 Å². The summed E-state index contributed by atoms with van der Waals surface area (Å²) in [5.41, 5.74) is 0. The molecule has 0 amide bonds. The Morgan fingerprint density at radius 1 is 1.00 bits per heavy atom. The largest absolute Gasteiger partial charge is 0.393 e. The second-order valence-electron chi connectivity index (χ2n) is 4.82. The molecule has 2 fully saturated rings. The molecule has 2 rings (SSSR count). The minimum Gasteiger partial charge on any atom is -0.393 e. The average molecular weight is 252 g/mol. The van der Waals surface area contributed by atoms with Gasteiger partial charge in [0, 0.05) is 0 Å². The topological polar surface area (TPSA) is 32.3 Å². The van der Waals surface area contributed by atoms with Crippen LogP contribution in [-0.2, 0) is 0 Å². The van der Waals surface area contributed by atoms with E-state index in [1.54, 1.807) is 0 Å². The Hall–Kier alpha value is 0.500. The van der Waals surface area contributed by atoms with E-state index in [0.717, 1.165) is 32.4 Å². The molecule has 2 nitrogen and oxygen atoms in total. The van der Waals surface area contributed by atoms with Crippen molar-refractivity contribution >= 4 is 23.2 Å². The molecule has 4 unspecified atom stereocenters. The van der Waals surface area contributed by atoms with Crippen LogP contribution in [0.3, 0.4) is 0 Å². The summed E-state index contributed by atoms with van der Waals surface area (Å²) in [5, 5.41) is 13.4. The molecule has 0 aromatic heterocycles. The summed E-state index contributed by atoms with van der Waals surface area (Å²) in [5.74, 6) is 0.997. The van der Waals surface area contributed by atoms with Gasteiger partial charge in [-0.1, -0.05) is 0 Å². The number of aliphatic hydroxyl groups is 1. The zero-order chi connectivity index (χ0) is 10.8. The van der Waals surface area contributed by atoms with Gasteiger partial charge in [-0.15, -0.1) is 23.2 Å². The SMILES string of the molecule is OC1CC(Cl)C(Cl)CC1C1CCNCC1. The number of alkyl halides is 2. The Balaban J connectivity index is 1.95. The fourth-order valence-electron chi connectivity index (χ4n) is 2.90. The van der Waals surface area contributed by atoms with Crippen molar-refractivity contribution in [3.8, 4) is 0 Å². The fourth-order valence-corrected chi connectivity index (χ4v) is 3.49. The van der Waals surface area contributed by atoms with E-state index >= 15 is 0 Å². The molecule has 88 valence electrons. The highest BCUT2D eigenvalue weighted by Crippen LogP contribution is 2.38. The number of halogens is 2. The summed E-state index contributed by atoms with van der Waals surface area (Å²) in [6.07, 6.45) is 3.62. The molecule has 2 N–H and O–H groups in total. The van der Waals surface area contributed by atoms with E-state index in [4.69, 9.17) is 23.2 Å². The first-order valence-corrected chi connectivity index (χ1v) is 6.72. The molecule has 4 atom stereocenters. The Bertz CT molecular complexity index is 209. The number of hydrogen-bond donors (Lipinski definition) is 2. The third kappa shape index (κ3) is 2.79. The molecule has 0 aromatic rings. The van der Waals surface area contributed by atoms with Crippen LogP contribution in [0.4, 0.5) is 0 Å². The molecule has 1 heterocycles. The Kier molecular flexibility index (Phi) is 4.17. The summed E-state index contributed by atoms with van der Waals surface area (Å²) in [6, 6.07) is 0. The standard InChI is InChI=1S/C11H19Cl2NO/c12-9-5-8(11(15)6-10(9)13)7-1-3-14-4-2-7/h7-11,14-15H,1-6H2. The minimum absolute atomic E-state index is 0.0370. The second kappa shape index (κ2) is 5.22. The van der Waals surface area contributed by atoms with E-state index in [-0.39, 0.29) is 16.9 Å². The molecule has 15 heavy (non-hydrogen) atoms. The maximum Gasteiger partial charge on any atom is 0.0586 e. The van der Waals surface area contributed by atoms with Crippen LogP contribution < -0.4 is 5.32 Å². The van der Waals surface area contributed by atoms with Gasteiger partial charge in [0.05, 0.1) is 16.9 Å². The van der Waals surface area contributed by atoms with Crippen LogP contribution in [0.5, 0.6) is 0 Å². The van der Waals surface area contributed by atoms with Gasteiger partial charge >= 0.3 is 0 Å². The molecule has 0 bridgehead atoms. The number of aliphatic hydroxyl groups excluding tert-OH is 1. The van der Waals surface area contributed by atoms with Crippen LogP contribution in [-0.4, -0.2) is 35.1 Å². The predicted molar refractivity (Wildman–Crippen MR) is 63.6 cm³/mol. The van der Waals surface area contributed by atoms with E-state index in [2.05, 4.69) is 5.32 Å². The molecule has 0 spiro atoms. The Morgan fingerprint density at radius 3 is 2.27 bits per heavy atom.